The summed E-state index contributed by atoms with van der Waals surface area (Å²) in [7, 11) is 0. The van der Waals surface area contributed by atoms with Crippen LogP contribution in [0.4, 0.5) is 4.79 Å². The molecule has 2 heterocycles. The summed E-state index contributed by atoms with van der Waals surface area (Å²) < 4.78 is 4.97. The summed E-state index contributed by atoms with van der Waals surface area (Å²) in [6, 6.07) is 5.19. The normalized spacial score (nSPS) is 15.1. The number of carbonyl (C=O) groups is 2. The predicted octanol–water partition coefficient (Wildman–Crippen LogP) is 1.32. The molecular formula is C18H24N4O4. The zero-order chi connectivity index (χ0) is 18.5. The zero-order valence-corrected chi connectivity index (χ0v) is 14.9. The van der Waals surface area contributed by atoms with Gasteiger partial charge in [0.25, 0.3) is 0 Å². The zero-order valence-electron chi connectivity index (χ0n) is 14.9. The molecule has 140 valence electrons. The number of aromatic nitrogens is 1. The van der Waals surface area contributed by atoms with E-state index in [0.717, 1.165) is 18.4 Å². The quantitative estimate of drug-likeness (QED) is 0.859. The van der Waals surface area contributed by atoms with E-state index < -0.39 is 5.76 Å². The summed E-state index contributed by atoms with van der Waals surface area (Å²) in [5.41, 5.74) is 1.89. The van der Waals surface area contributed by atoms with Crippen molar-refractivity contribution in [2.24, 2.45) is 0 Å². The lowest BCUT2D eigenvalue weighted by molar-refractivity contribution is -0.130. The number of oxazole rings is 1. The Hall–Kier alpha value is -2.77. The van der Waals surface area contributed by atoms with Crippen LogP contribution < -0.4 is 11.1 Å². The lowest BCUT2D eigenvalue weighted by Gasteiger charge is -2.22. The molecule has 2 aromatic rings. The van der Waals surface area contributed by atoms with E-state index in [1.165, 1.54) is 0 Å². The highest BCUT2D eigenvalue weighted by Gasteiger charge is 2.22. The molecule has 8 heteroatoms. The van der Waals surface area contributed by atoms with E-state index >= 15 is 0 Å². The molecule has 0 aliphatic carbocycles. The van der Waals surface area contributed by atoms with Crippen LogP contribution in [0.25, 0.3) is 11.1 Å². The van der Waals surface area contributed by atoms with E-state index in [-0.39, 0.29) is 18.4 Å². The Morgan fingerprint density at radius 3 is 2.77 bits per heavy atom. The minimum atomic E-state index is -0.502. The van der Waals surface area contributed by atoms with Gasteiger partial charge in [0.05, 0.1) is 11.9 Å². The fourth-order valence-corrected chi connectivity index (χ4v) is 3.11. The van der Waals surface area contributed by atoms with Gasteiger partial charge in [-0.25, -0.2) is 9.59 Å². The summed E-state index contributed by atoms with van der Waals surface area (Å²) in [4.78, 5) is 42.1. The second kappa shape index (κ2) is 8.07. The average Bonchev–Trinajstić information content (AvgIpc) is 2.82. The number of hydrogen-bond donors (Lipinski definition) is 2. The molecule has 3 rings (SSSR count). The van der Waals surface area contributed by atoms with E-state index in [2.05, 4.69) is 10.3 Å². The first-order chi connectivity index (χ1) is 12.6. The Balaban J connectivity index is 1.58. The Labute approximate surface area is 151 Å². The van der Waals surface area contributed by atoms with Crippen molar-refractivity contribution in [3.63, 3.8) is 0 Å². The minimum Gasteiger partial charge on any atom is -0.408 e. The second-order valence-electron chi connectivity index (χ2n) is 6.48. The maximum Gasteiger partial charge on any atom is 0.417 e. The van der Waals surface area contributed by atoms with Crippen molar-refractivity contribution < 1.29 is 14.0 Å². The molecule has 0 spiro atoms. The predicted molar refractivity (Wildman–Crippen MR) is 97.0 cm³/mol. The van der Waals surface area contributed by atoms with Crippen molar-refractivity contribution in [2.45, 2.75) is 26.2 Å². The monoisotopic (exact) mass is 360 g/mol. The standard InChI is InChI=1S/C18H24N4O4/c1-2-6-19-17(24)22-8-3-7-21(9-10-22)16(23)12-13-4-5-15-14(11-13)20-18(25)26-15/h4-5,11H,2-3,6-10,12H2,1H3,(H,19,24)(H,20,25). The van der Waals surface area contributed by atoms with Crippen molar-refractivity contribution in [1.29, 1.82) is 0 Å². The smallest absolute Gasteiger partial charge is 0.408 e. The molecular weight excluding hydrogens is 336 g/mol. The maximum absolute atomic E-state index is 12.6. The number of aromatic amines is 1. The van der Waals surface area contributed by atoms with E-state index in [1.807, 2.05) is 6.92 Å². The Morgan fingerprint density at radius 1 is 1.19 bits per heavy atom. The number of benzene rings is 1. The molecule has 1 aromatic heterocycles. The lowest BCUT2D eigenvalue weighted by atomic mass is 10.1. The highest BCUT2D eigenvalue weighted by atomic mass is 16.4. The maximum atomic E-state index is 12.6. The Bertz CT molecular complexity index is 841. The average molecular weight is 360 g/mol. The van der Waals surface area contributed by atoms with Crippen LogP contribution in [0.2, 0.25) is 0 Å². The van der Waals surface area contributed by atoms with Crippen LogP contribution in [-0.2, 0) is 11.2 Å². The highest BCUT2D eigenvalue weighted by molar-refractivity contribution is 5.81. The van der Waals surface area contributed by atoms with Crippen LogP contribution in [0.3, 0.4) is 0 Å². The van der Waals surface area contributed by atoms with Crippen molar-refractivity contribution >= 4 is 23.0 Å². The van der Waals surface area contributed by atoms with Gasteiger partial charge in [0.15, 0.2) is 5.58 Å². The number of fused-ring (bicyclic) bond motifs is 1. The van der Waals surface area contributed by atoms with Gasteiger partial charge in [-0.2, -0.15) is 0 Å². The molecule has 8 nitrogen and oxygen atoms in total. The van der Waals surface area contributed by atoms with Crippen molar-refractivity contribution in [1.82, 2.24) is 20.1 Å². The third-order valence-corrected chi connectivity index (χ3v) is 4.50. The van der Waals surface area contributed by atoms with Gasteiger partial charge in [0.2, 0.25) is 5.91 Å². The van der Waals surface area contributed by atoms with Crippen LogP contribution in [0, 0.1) is 0 Å². The summed E-state index contributed by atoms with van der Waals surface area (Å²) in [6.45, 7) is 5.04. The van der Waals surface area contributed by atoms with E-state index in [4.69, 9.17) is 4.42 Å². The first kappa shape index (κ1) is 18.0. The highest BCUT2D eigenvalue weighted by Crippen LogP contribution is 2.14. The van der Waals surface area contributed by atoms with Crippen molar-refractivity contribution in [3.8, 4) is 0 Å². The molecule has 0 saturated carbocycles. The van der Waals surface area contributed by atoms with Gasteiger partial charge in [0.1, 0.15) is 0 Å². The molecule has 1 fully saturated rings. The number of carbonyl (C=O) groups excluding carboxylic acids is 2. The van der Waals surface area contributed by atoms with Gasteiger partial charge in [0, 0.05) is 32.7 Å². The largest absolute Gasteiger partial charge is 0.417 e. The molecule has 1 aliphatic rings. The van der Waals surface area contributed by atoms with Crippen LogP contribution >= 0.6 is 0 Å². The van der Waals surface area contributed by atoms with Gasteiger partial charge >= 0.3 is 11.8 Å². The Morgan fingerprint density at radius 2 is 1.96 bits per heavy atom. The number of hydrogen-bond acceptors (Lipinski definition) is 4. The van der Waals surface area contributed by atoms with Crippen LogP contribution in [-0.4, -0.2) is 59.4 Å². The van der Waals surface area contributed by atoms with Crippen molar-refractivity contribution in [2.75, 3.05) is 32.7 Å². The summed E-state index contributed by atoms with van der Waals surface area (Å²) >= 11 is 0. The van der Waals surface area contributed by atoms with Gasteiger partial charge < -0.3 is 19.5 Å². The minimum absolute atomic E-state index is 0.0195. The molecule has 2 N–H and O–H groups in total. The van der Waals surface area contributed by atoms with Gasteiger partial charge in [-0.1, -0.05) is 13.0 Å². The lowest BCUT2D eigenvalue weighted by Crippen LogP contribution is -2.43. The number of urea groups is 1. The van der Waals surface area contributed by atoms with Gasteiger partial charge in [-0.15, -0.1) is 0 Å². The topological polar surface area (TPSA) is 98.7 Å². The van der Waals surface area contributed by atoms with E-state index in [1.54, 1.807) is 28.0 Å². The number of rotatable bonds is 4. The molecule has 0 atom stereocenters. The SMILES string of the molecule is CCCNC(=O)N1CCCN(C(=O)Cc2ccc3oc(=O)[nH]c3c2)CC1. The van der Waals surface area contributed by atoms with E-state index in [0.29, 0.717) is 43.8 Å². The third kappa shape index (κ3) is 4.25. The molecule has 3 amide bonds. The Kier molecular flexibility index (Phi) is 5.60. The van der Waals surface area contributed by atoms with E-state index in [9.17, 15) is 14.4 Å². The number of nitrogens with one attached hydrogen (secondary N) is 2. The fraction of sp³-hybridized carbons (Fsp3) is 0.500. The fourth-order valence-electron chi connectivity index (χ4n) is 3.11. The van der Waals surface area contributed by atoms with Gasteiger partial charge in [-0.05, 0) is 30.5 Å². The van der Waals surface area contributed by atoms with Crippen LogP contribution in [0.1, 0.15) is 25.3 Å². The first-order valence-electron chi connectivity index (χ1n) is 8.99. The summed E-state index contributed by atoms with van der Waals surface area (Å²) in [5, 5.41) is 2.88. The molecule has 1 saturated heterocycles. The molecule has 0 bridgehead atoms. The van der Waals surface area contributed by atoms with Crippen LogP contribution in [0.5, 0.6) is 0 Å². The number of H-pyrrole nitrogens is 1. The second-order valence-corrected chi connectivity index (χ2v) is 6.48. The molecule has 26 heavy (non-hydrogen) atoms. The number of amides is 3. The molecule has 1 aliphatic heterocycles. The molecule has 1 aromatic carbocycles. The molecule has 0 radical (unpaired) electrons. The van der Waals surface area contributed by atoms with Gasteiger partial charge in [-0.3, -0.25) is 9.78 Å². The third-order valence-electron chi connectivity index (χ3n) is 4.50. The summed E-state index contributed by atoms with van der Waals surface area (Å²) in [5.74, 6) is -0.483. The first-order valence-corrected chi connectivity index (χ1v) is 8.99. The van der Waals surface area contributed by atoms with Crippen molar-refractivity contribution in [3.05, 3.63) is 34.3 Å². The van der Waals surface area contributed by atoms with Crippen LogP contribution in [0.15, 0.2) is 27.4 Å². The molecule has 0 unspecified atom stereocenters. The summed E-state index contributed by atoms with van der Waals surface area (Å²) in [6.07, 6.45) is 1.92. The number of nitrogens with zero attached hydrogens (tertiary/aromatic N) is 2.